The Bertz CT molecular complexity index is 469. The first-order chi connectivity index (χ1) is 7.79. The van der Waals surface area contributed by atoms with Gasteiger partial charge in [-0.25, -0.2) is 0 Å². The zero-order valence-corrected chi connectivity index (χ0v) is 9.61. The standard InChI is InChI=1S/C13H13ClN2/c14-12-5-4-10(9-15)11(7-12)8-13-3-1-2-6-16-13/h1-7H,8-9,15H2. The number of hydrogen-bond acceptors (Lipinski definition) is 2. The van der Waals surface area contributed by atoms with Crippen LogP contribution >= 0.6 is 11.6 Å². The third-order valence-corrected chi connectivity index (χ3v) is 2.72. The van der Waals surface area contributed by atoms with Crippen LogP contribution in [0.25, 0.3) is 0 Å². The lowest BCUT2D eigenvalue weighted by Crippen LogP contribution is -2.02. The second-order valence-electron chi connectivity index (χ2n) is 3.62. The van der Waals surface area contributed by atoms with Crippen molar-refractivity contribution in [2.75, 3.05) is 0 Å². The Labute approximate surface area is 100 Å². The minimum atomic E-state index is 0.527. The summed E-state index contributed by atoms with van der Waals surface area (Å²) in [5, 5.41) is 0.739. The number of hydrogen-bond donors (Lipinski definition) is 1. The molecule has 1 heterocycles. The lowest BCUT2D eigenvalue weighted by Gasteiger charge is -2.07. The molecular weight excluding hydrogens is 220 g/mol. The summed E-state index contributed by atoms with van der Waals surface area (Å²) in [6, 6.07) is 11.7. The predicted molar refractivity (Wildman–Crippen MR) is 66.4 cm³/mol. The molecule has 0 radical (unpaired) electrons. The maximum atomic E-state index is 5.98. The van der Waals surface area contributed by atoms with Gasteiger partial charge in [0.05, 0.1) is 0 Å². The molecule has 2 nitrogen and oxygen atoms in total. The predicted octanol–water partition coefficient (Wildman–Crippen LogP) is 2.78. The normalized spacial score (nSPS) is 10.4. The van der Waals surface area contributed by atoms with Gasteiger partial charge in [0, 0.05) is 29.9 Å². The first kappa shape index (κ1) is 11.1. The number of benzene rings is 1. The fraction of sp³-hybridized carbons (Fsp3) is 0.154. The van der Waals surface area contributed by atoms with Gasteiger partial charge in [-0.1, -0.05) is 23.7 Å². The molecule has 0 bridgehead atoms. The van der Waals surface area contributed by atoms with E-state index in [2.05, 4.69) is 4.98 Å². The van der Waals surface area contributed by atoms with Crippen molar-refractivity contribution in [2.24, 2.45) is 5.73 Å². The van der Waals surface area contributed by atoms with Gasteiger partial charge in [-0.2, -0.15) is 0 Å². The lowest BCUT2D eigenvalue weighted by molar-refractivity contribution is 0.994. The zero-order chi connectivity index (χ0) is 11.4. The van der Waals surface area contributed by atoms with E-state index in [4.69, 9.17) is 17.3 Å². The zero-order valence-electron chi connectivity index (χ0n) is 8.86. The molecule has 2 rings (SSSR count). The molecule has 2 N–H and O–H groups in total. The van der Waals surface area contributed by atoms with Gasteiger partial charge in [0.2, 0.25) is 0 Å². The Kier molecular flexibility index (Phi) is 3.54. The maximum absolute atomic E-state index is 5.98. The molecule has 0 aliphatic heterocycles. The lowest BCUT2D eigenvalue weighted by atomic mass is 10.0. The van der Waals surface area contributed by atoms with Crippen LogP contribution in [0.5, 0.6) is 0 Å². The fourth-order valence-electron chi connectivity index (χ4n) is 1.66. The van der Waals surface area contributed by atoms with Crippen LogP contribution < -0.4 is 5.73 Å². The number of pyridine rings is 1. The van der Waals surface area contributed by atoms with Crippen molar-refractivity contribution < 1.29 is 0 Å². The van der Waals surface area contributed by atoms with E-state index >= 15 is 0 Å². The van der Waals surface area contributed by atoms with Crippen molar-refractivity contribution in [2.45, 2.75) is 13.0 Å². The van der Waals surface area contributed by atoms with Crippen LogP contribution in [0.3, 0.4) is 0 Å². The van der Waals surface area contributed by atoms with Gasteiger partial charge in [-0.15, -0.1) is 0 Å². The van der Waals surface area contributed by atoms with Gasteiger partial charge in [0.25, 0.3) is 0 Å². The van der Waals surface area contributed by atoms with Crippen LogP contribution in [-0.4, -0.2) is 4.98 Å². The molecule has 0 amide bonds. The molecule has 1 aromatic heterocycles. The molecule has 0 saturated carbocycles. The summed E-state index contributed by atoms with van der Waals surface area (Å²) < 4.78 is 0. The fourth-order valence-corrected chi connectivity index (χ4v) is 1.85. The summed E-state index contributed by atoms with van der Waals surface area (Å²) in [6.07, 6.45) is 2.57. The quantitative estimate of drug-likeness (QED) is 0.884. The molecule has 16 heavy (non-hydrogen) atoms. The van der Waals surface area contributed by atoms with Crippen molar-refractivity contribution in [3.05, 3.63) is 64.4 Å². The van der Waals surface area contributed by atoms with Gasteiger partial charge in [-0.3, -0.25) is 4.98 Å². The van der Waals surface area contributed by atoms with Crippen LogP contribution in [0.1, 0.15) is 16.8 Å². The highest BCUT2D eigenvalue weighted by Gasteiger charge is 2.03. The third kappa shape index (κ3) is 2.60. The van der Waals surface area contributed by atoms with Crippen LogP contribution in [0.2, 0.25) is 5.02 Å². The first-order valence-electron chi connectivity index (χ1n) is 5.17. The monoisotopic (exact) mass is 232 g/mol. The Hall–Kier alpha value is -1.38. The topological polar surface area (TPSA) is 38.9 Å². The van der Waals surface area contributed by atoms with Crippen molar-refractivity contribution in [3.8, 4) is 0 Å². The summed E-state index contributed by atoms with van der Waals surface area (Å²) in [7, 11) is 0. The summed E-state index contributed by atoms with van der Waals surface area (Å²) in [6.45, 7) is 0.527. The maximum Gasteiger partial charge on any atom is 0.0447 e. The molecule has 0 aliphatic carbocycles. The SMILES string of the molecule is NCc1ccc(Cl)cc1Cc1ccccn1. The smallest absolute Gasteiger partial charge is 0.0447 e. The average Bonchev–Trinajstić information content (AvgIpc) is 2.31. The van der Waals surface area contributed by atoms with Gasteiger partial charge in [-0.05, 0) is 35.4 Å². The summed E-state index contributed by atoms with van der Waals surface area (Å²) >= 11 is 5.98. The van der Waals surface area contributed by atoms with Crippen molar-refractivity contribution in [3.63, 3.8) is 0 Å². The van der Waals surface area contributed by atoms with E-state index in [0.29, 0.717) is 6.54 Å². The molecule has 0 aliphatic rings. The molecule has 0 unspecified atom stereocenters. The van der Waals surface area contributed by atoms with Gasteiger partial charge >= 0.3 is 0 Å². The summed E-state index contributed by atoms with van der Waals surface area (Å²) in [5.41, 5.74) is 8.99. The molecular formula is C13H13ClN2. The molecule has 3 heteroatoms. The second-order valence-corrected chi connectivity index (χ2v) is 4.05. The van der Waals surface area contributed by atoms with Crippen LogP contribution in [0, 0.1) is 0 Å². The highest BCUT2D eigenvalue weighted by atomic mass is 35.5. The molecule has 82 valence electrons. The average molecular weight is 233 g/mol. The highest BCUT2D eigenvalue weighted by molar-refractivity contribution is 6.30. The van der Waals surface area contributed by atoms with Crippen molar-refractivity contribution >= 4 is 11.6 Å². The van der Waals surface area contributed by atoms with E-state index in [-0.39, 0.29) is 0 Å². The molecule has 2 aromatic rings. The van der Waals surface area contributed by atoms with E-state index < -0.39 is 0 Å². The molecule has 1 aromatic carbocycles. The largest absolute Gasteiger partial charge is 0.326 e. The minimum Gasteiger partial charge on any atom is -0.326 e. The first-order valence-corrected chi connectivity index (χ1v) is 5.54. The third-order valence-electron chi connectivity index (χ3n) is 2.49. The Morgan fingerprint density at radius 3 is 2.69 bits per heavy atom. The molecule has 0 fully saturated rings. The summed E-state index contributed by atoms with van der Waals surface area (Å²) in [4.78, 5) is 4.30. The molecule has 0 atom stereocenters. The minimum absolute atomic E-state index is 0.527. The van der Waals surface area contributed by atoms with Gasteiger partial charge in [0.1, 0.15) is 0 Å². The van der Waals surface area contributed by atoms with Crippen molar-refractivity contribution in [1.82, 2.24) is 4.98 Å². The van der Waals surface area contributed by atoms with Crippen LogP contribution in [0.4, 0.5) is 0 Å². The van der Waals surface area contributed by atoms with E-state index in [0.717, 1.165) is 28.3 Å². The number of aromatic nitrogens is 1. The van der Waals surface area contributed by atoms with E-state index in [1.54, 1.807) is 6.20 Å². The van der Waals surface area contributed by atoms with Gasteiger partial charge < -0.3 is 5.73 Å². The highest BCUT2D eigenvalue weighted by Crippen LogP contribution is 2.18. The molecule has 0 saturated heterocycles. The summed E-state index contributed by atoms with van der Waals surface area (Å²) in [5.74, 6) is 0. The van der Waals surface area contributed by atoms with Crippen molar-refractivity contribution in [1.29, 1.82) is 0 Å². The molecule has 0 spiro atoms. The van der Waals surface area contributed by atoms with E-state index in [9.17, 15) is 0 Å². The van der Waals surface area contributed by atoms with Crippen LogP contribution in [-0.2, 0) is 13.0 Å². The Balaban J connectivity index is 2.30. The number of rotatable bonds is 3. The second kappa shape index (κ2) is 5.10. The van der Waals surface area contributed by atoms with Crippen LogP contribution in [0.15, 0.2) is 42.6 Å². The number of halogens is 1. The van der Waals surface area contributed by atoms with Gasteiger partial charge in [0.15, 0.2) is 0 Å². The van der Waals surface area contributed by atoms with E-state index in [1.165, 1.54) is 0 Å². The number of nitrogens with two attached hydrogens (primary N) is 1. The van der Waals surface area contributed by atoms with E-state index in [1.807, 2.05) is 36.4 Å². The Morgan fingerprint density at radius 1 is 1.12 bits per heavy atom. The Morgan fingerprint density at radius 2 is 2.00 bits per heavy atom. The number of nitrogens with zero attached hydrogens (tertiary/aromatic N) is 1.